The number of hydrogen-bond donors (Lipinski definition) is 3. The van der Waals surface area contributed by atoms with Gasteiger partial charge >= 0.3 is 0 Å². The fourth-order valence-electron chi connectivity index (χ4n) is 4.36. The number of para-hydroxylation sites is 2. The maximum Gasteiger partial charge on any atom is 0.142 e. The number of allylic oxidation sites excluding steroid dienone is 2. The SMILES string of the molecule is C=Nc1ccccc1/C(=C\C)NC1=CC(Cl)C(C)(NCCc2c[nH]c3c(OC)cccc23)C(Cl)=C1. The van der Waals surface area contributed by atoms with Crippen LogP contribution in [0.3, 0.4) is 0 Å². The lowest BCUT2D eigenvalue weighted by atomic mass is 9.90. The van der Waals surface area contributed by atoms with Crippen molar-refractivity contribution in [3.63, 3.8) is 0 Å². The van der Waals surface area contributed by atoms with Crippen molar-refractivity contribution in [1.82, 2.24) is 15.6 Å². The zero-order valence-corrected chi connectivity index (χ0v) is 21.7. The highest BCUT2D eigenvalue weighted by atomic mass is 35.5. The Kier molecular flexibility index (Phi) is 7.70. The molecule has 2 aromatic carbocycles. The summed E-state index contributed by atoms with van der Waals surface area (Å²) in [6.07, 6.45) is 8.77. The monoisotopic (exact) mass is 508 g/mol. The first-order valence-electron chi connectivity index (χ1n) is 11.5. The van der Waals surface area contributed by atoms with E-state index in [1.165, 1.54) is 5.56 Å². The minimum Gasteiger partial charge on any atom is -0.495 e. The number of nitrogens with one attached hydrogen (secondary N) is 3. The number of methoxy groups -OCH3 is 1. The summed E-state index contributed by atoms with van der Waals surface area (Å²) < 4.78 is 5.46. The van der Waals surface area contributed by atoms with Crippen LogP contribution in [-0.4, -0.2) is 36.3 Å². The summed E-state index contributed by atoms with van der Waals surface area (Å²) in [5.41, 5.74) is 5.15. The van der Waals surface area contributed by atoms with Gasteiger partial charge in [0.2, 0.25) is 0 Å². The number of benzene rings is 2. The van der Waals surface area contributed by atoms with Gasteiger partial charge in [-0.15, -0.1) is 11.6 Å². The standard InChI is InChI=1S/C28H30Cl2N4O/c1-5-22(21-9-6-7-11-23(21)31-3)34-19-15-25(29)28(2,26(30)16-19)33-14-13-18-17-32-27-20(18)10-8-12-24(27)35-4/h5-12,15-17,25,32-34H,3,13-14H2,1-2,4H3/b22-5+. The first kappa shape index (κ1) is 25.1. The Labute approximate surface area is 216 Å². The van der Waals surface area contributed by atoms with Gasteiger partial charge in [0.1, 0.15) is 5.75 Å². The molecule has 1 heterocycles. The van der Waals surface area contributed by atoms with Crippen molar-refractivity contribution in [2.24, 2.45) is 4.99 Å². The molecule has 3 N–H and O–H groups in total. The summed E-state index contributed by atoms with van der Waals surface area (Å²) in [5, 5.41) is 8.48. The van der Waals surface area contributed by atoms with Crippen LogP contribution in [0.1, 0.15) is 25.0 Å². The van der Waals surface area contributed by atoms with Gasteiger partial charge in [-0.3, -0.25) is 4.99 Å². The normalized spacial score (nSPS) is 20.4. The van der Waals surface area contributed by atoms with Gasteiger partial charge in [-0.2, -0.15) is 0 Å². The summed E-state index contributed by atoms with van der Waals surface area (Å²) in [5.74, 6) is 0.838. The van der Waals surface area contributed by atoms with Crippen LogP contribution in [0.5, 0.6) is 5.75 Å². The molecule has 35 heavy (non-hydrogen) atoms. The highest BCUT2D eigenvalue weighted by molar-refractivity contribution is 6.33. The second kappa shape index (κ2) is 10.7. The Bertz CT molecular complexity index is 1320. The van der Waals surface area contributed by atoms with Crippen LogP contribution in [0.2, 0.25) is 0 Å². The van der Waals surface area contributed by atoms with E-state index in [4.69, 9.17) is 27.9 Å². The second-order valence-corrected chi connectivity index (χ2v) is 9.47. The first-order valence-corrected chi connectivity index (χ1v) is 12.3. The van der Waals surface area contributed by atoms with Crippen molar-refractivity contribution in [3.8, 4) is 5.75 Å². The third-order valence-electron chi connectivity index (χ3n) is 6.46. The Balaban J connectivity index is 1.45. The Morgan fingerprint density at radius 3 is 2.77 bits per heavy atom. The number of rotatable bonds is 9. The van der Waals surface area contributed by atoms with E-state index in [0.29, 0.717) is 11.6 Å². The summed E-state index contributed by atoms with van der Waals surface area (Å²) in [6.45, 7) is 8.40. The molecule has 0 aliphatic heterocycles. The quantitative estimate of drug-likeness (QED) is 0.223. The van der Waals surface area contributed by atoms with Gasteiger partial charge in [0.05, 0.1) is 29.2 Å². The molecule has 0 saturated carbocycles. The van der Waals surface area contributed by atoms with E-state index in [2.05, 4.69) is 33.4 Å². The van der Waals surface area contributed by atoms with Gasteiger partial charge in [0.25, 0.3) is 0 Å². The molecular formula is C28H30Cl2N4O. The molecule has 182 valence electrons. The van der Waals surface area contributed by atoms with E-state index in [-0.39, 0.29) is 5.38 Å². The Morgan fingerprint density at radius 2 is 2.06 bits per heavy atom. The minimum atomic E-state index is -0.589. The topological polar surface area (TPSA) is 61.4 Å². The summed E-state index contributed by atoms with van der Waals surface area (Å²) in [7, 11) is 1.68. The average Bonchev–Trinajstić information content (AvgIpc) is 3.29. The predicted molar refractivity (Wildman–Crippen MR) is 149 cm³/mol. The fourth-order valence-corrected chi connectivity index (χ4v) is 5.05. The molecule has 1 aliphatic rings. The zero-order chi connectivity index (χ0) is 25.0. The molecule has 0 bridgehead atoms. The fraction of sp³-hybridized carbons (Fsp3) is 0.250. The van der Waals surface area contributed by atoms with Crippen LogP contribution in [-0.2, 0) is 6.42 Å². The van der Waals surface area contributed by atoms with Gasteiger partial charge < -0.3 is 20.4 Å². The average molecular weight is 509 g/mol. The molecule has 0 saturated heterocycles. The molecule has 0 radical (unpaired) electrons. The predicted octanol–water partition coefficient (Wildman–Crippen LogP) is 6.68. The van der Waals surface area contributed by atoms with E-state index in [9.17, 15) is 0 Å². The molecule has 0 amide bonds. The number of aromatic amines is 1. The number of aliphatic imine (C=N–C) groups is 1. The van der Waals surface area contributed by atoms with Crippen LogP contribution < -0.4 is 15.4 Å². The van der Waals surface area contributed by atoms with E-state index in [1.54, 1.807) is 7.11 Å². The van der Waals surface area contributed by atoms with E-state index in [1.807, 2.05) is 74.7 Å². The smallest absolute Gasteiger partial charge is 0.142 e. The molecule has 1 aliphatic carbocycles. The van der Waals surface area contributed by atoms with Gasteiger partial charge in [-0.25, -0.2) is 0 Å². The molecule has 2 unspecified atom stereocenters. The lowest BCUT2D eigenvalue weighted by molar-refractivity contribution is 0.419. The molecule has 7 heteroatoms. The molecular weight excluding hydrogens is 479 g/mol. The van der Waals surface area contributed by atoms with Crippen LogP contribution in [0, 0.1) is 0 Å². The van der Waals surface area contributed by atoms with Crippen molar-refractivity contribution in [2.75, 3.05) is 13.7 Å². The van der Waals surface area contributed by atoms with Crippen LogP contribution in [0.25, 0.3) is 16.6 Å². The summed E-state index contributed by atoms with van der Waals surface area (Å²) >= 11 is 13.7. The summed E-state index contributed by atoms with van der Waals surface area (Å²) in [6, 6.07) is 13.9. The molecule has 5 nitrogen and oxygen atoms in total. The third kappa shape index (κ3) is 5.03. The number of H-pyrrole nitrogens is 1. The van der Waals surface area contributed by atoms with Crippen molar-refractivity contribution >= 4 is 52.2 Å². The van der Waals surface area contributed by atoms with Crippen molar-refractivity contribution in [3.05, 3.63) is 88.7 Å². The van der Waals surface area contributed by atoms with E-state index in [0.717, 1.165) is 45.7 Å². The minimum absolute atomic E-state index is 0.351. The van der Waals surface area contributed by atoms with Crippen molar-refractivity contribution in [2.45, 2.75) is 31.2 Å². The second-order valence-electron chi connectivity index (χ2n) is 8.59. The van der Waals surface area contributed by atoms with Crippen LogP contribution in [0.15, 0.2) is 82.6 Å². The van der Waals surface area contributed by atoms with Crippen molar-refractivity contribution in [1.29, 1.82) is 0 Å². The van der Waals surface area contributed by atoms with Gasteiger partial charge in [-0.1, -0.05) is 48.0 Å². The lowest BCUT2D eigenvalue weighted by Gasteiger charge is -2.37. The molecule has 0 fully saturated rings. The Morgan fingerprint density at radius 1 is 1.26 bits per heavy atom. The highest BCUT2D eigenvalue weighted by Crippen LogP contribution is 2.35. The van der Waals surface area contributed by atoms with Crippen LogP contribution in [0.4, 0.5) is 5.69 Å². The summed E-state index contributed by atoms with van der Waals surface area (Å²) in [4.78, 5) is 7.46. The number of alkyl halides is 1. The highest BCUT2D eigenvalue weighted by Gasteiger charge is 2.37. The number of aromatic nitrogens is 1. The number of fused-ring (bicyclic) bond motifs is 1. The van der Waals surface area contributed by atoms with Gasteiger partial charge in [-0.05, 0) is 56.8 Å². The first-order chi connectivity index (χ1) is 16.9. The zero-order valence-electron chi connectivity index (χ0n) is 20.2. The largest absolute Gasteiger partial charge is 0.495 e. The van der Waals surface area contributed by atoms with Crippen LogP contribution >= 0.6 is 23.2 Å². The number of hydrogen-bond acceptors (Lipinski definition) is 4. The van der Waals surface area contributed by atoms with E-state index < -0.39 is 5.54 Å². The molecule has 3 aromatic rings. The van der Waals surface area contributed by atoms with Crippen molar-refractivity contribution < 1.29 is 4.74 Å². The molecule has 4 rings (SSSR count). The number of nitrogens with zero attached hydrogens (tertiary/aromatic N) is 1. The Hall–Kier alpha value is -2.99. The van der Waals surface area contributed by atoms with Gasteiger partial charge in [0, 0.05) is 40.1 Å². The molecule has 2 atom stereocenters. The number of ether oxygens (including phenoxy) is 1. The molecule has 1 aromatic heterocycles. The van der Waals surface area contributed by atoms with E-state index >= 15 is 0 Å². The third-order valence-corrected chi connectivity index (χ3v) is 7.52. The maximum atomic E-state index is 6.87. The maximum absolute atomic E-state index is 6.87. The van der Waals surface area contributed by atoms with Gasteiger partial charge in [0.15, 0.2) is 0 Å². The molecule has 0 spiro atoms. The number of halogens is 2. The lowest BCUT2D eigenvalue weighted by Crippen LogP contribution is -2.52.